The van der Waals surface area contributed by atoms with Gasteiger partial charge in [0.15, 0.2) is 11.6 Å². The normalized spacial score (nSPS) is 20.8. The lowest BCUT2D eigenvalue weighted by molar-refractivity contribution is 0.407. The van der Waals surface area contributed by atoms with E-state index in [1.807, 2.05) is 0 Å². The van der Waals surface area contributed by atoms with Crippen LogP contribution in [0.25, 0.3) is 17.0 Å². The van der Waals surface area contributed by atoms with E-state index in [1.165, 1.54) is 16.9 Å². The van der Waals surface area contributed by atoms with Crippen LogP contribution >= 0.6 is 0 Å². The van der Waals surface area contributed by atoms with Gasteiger partial charge in [0.05, 0.1) is 24.1 Å². The van der Waals surface area contributed by atoms with Crippen LogP contribution in [-0.4, -0.2) is 36.8 Å². The molecule has 1 saturated carbocycles. The highest BCUT2D eigenvalue weighted by Gasteiger charge is 2.21. The van der Waals surface area contributed by atoms with Crippen LogP contribution in [0.1, 0.15) is 25.7 Å². The third-order valence-corrected chi connectivity index (χ3v) is 4.36. The van der Waals surface area contributed by atoms with Crippen molar-refractivity contribution in [1.82, 2.24) is 24.7 Å². The average Bonchev–Trinajstić information content (AvgIpc) is 3.00. The van der Waals surface area contributed by atoms with Crippen molar-refractivity contribution < 1.29 is 8.78 Å². The van der Waals surface area contributed by atoms with Gasteiger partial charge in [0.25, 0.3) is 5.95 Å². The Labute approximate surface area is 142 Å². The lowest BCUT2D eigenvalue weighted by atomic mass is 9.92. The van der Waals surface area contributed by atoms with Crippen molar-refractivity contribution in [2.75, 3.05) is 5.32 Å². The largest absolute Gasteiger partial charge is 0.365 e. The van der Waals surface area contributed by atoms with Crippen LogP contribution in [-0.2, 0) is 0 Å². The lowest BCUT2D eigenvalue weighted by Crippen LogP contribution is -2.35. The minimum atomic E-state index is -0.552. The first kappa shape index (κ1) is 15.8. The Kier molecular flexibility index (Phi) is 4.00. The molecule has 1 unspecified atom stereocenters. The summed E-state index contributed by atoms with van der Waals surface area (Å²) in [6, 6.07) is 1.46. The zero-order chi connectivity index (χ0) is 17.4. The van der Waals surface area contributed by atoms with Crippen LogP contribution in [0.15, 0.2) is 24.7 Å². The number of fused-ring (bicyclic) bond motifs is 1. The number of rotatable bonds is 3. The highest BCUT2D eigenvalue weighted by molar-refractivity contribution is 5.75. The number of hydrogen-bond donors (Lipinski definition) is 2. The summed E-state index contributed by atoms with van der Waals surface area (Å²) in [6.07, 6.45) is 7.31. The fraction of sp³-hybridized carbons (Fsp3) is 0.375. The summed E-state index contributed by atoms with van der Waals surface area (Å²) in [7, 11) is 0. The van der Waals surface area contributed by atoms with E-state index in [0.29, 0.717) is 11.0 Å². The summed E-state index contributed by atoms with van der Waals surface area (Å²) in [4.78, 5) is 12.1. The van der Waals surface area contributed by atoms with Gasteiger partial charge in [-0.15, -0.1) is 0 Å². The predicted octanol–water partition coefficient (Wildman–Crippen LogP) is 2.17. The molecule has 3 aromatic rings. The van der Waals surface area contributed by atoms with Crippen molar-refractivity contribution in [2.45, 2.75) is 37.8 Å². The van der Waals surface area contributed by atoms with Crippen LogP contribution in [0.3, 0.4) is 0 Å². The van der Waals surface area contributed by atoms with Crippen LogP contribution in [0, 0.1) is 11.6 Å². The Hall–Kier alpha value is -2.68. The van der Waals surface area contributed by atoms with Gasteiger partial charge in [-0.1, -0.05) is 0 Å². The second-order valence-electron chi connectivity index (χ2n) is 6.25. The average molecular weight is 345 g/mol. The lowest BCUT2D eigenvalue weighted by Gasteiger charge is -2.27. The van der Waals surface area contributed by atoms with Gasteiger partial charge < -0.3 is 11.1 Å². The summed E-state index contributed by atoms with van der Waals surface area (Å²) >= 11 is 0. The van der Waals surface area contributed by atoms with Gasteiger partial charge >= 0.3 is 0 Å². The van der Waals surface area contributed by atoms with Crippen LogP contribution in [0.4, 0.5) is 14.6 Å². The van der Waals surface area contributed by atoms with E-state index < -0.39 is 11.6 Å². The number of pyridine rings is 1. The molecule has 0 saturated heterocycles. The third-order valence-electron chi connectivity index (χ3n) is 4.36. The first-order valence-corrected chi connectivity index (χ1v) is 8.14. The van der Waals surface area contributed by atoms with Gasteiger partial charge in [-0.3, -0.25) is 0 Å². The summed E-state index contributed by atoms with van der Waals surface area (Å²) in [5, 5.41) is 7.23. The monoisotopic (exact) mass is 345 g/mol. The van der Waals surface area contributed by atoms with Crippen molar-refractivity contribution in [3.05, 3.63) is 36.3 Å². The van der Waals surface area contributed by atoms with Crippen molar-refractivity contribution in [3.63, 3.8) is 0 Å². The van der Waals surface area contributed by atoms with Crippen molar-refractivity contribution in [1.29, 1.82) is 0 Å². The minimum Gasteiger partial charge on any atom is -0.365 e. The van der Waals surface area contributed by atoms with Gasteiger partial charge in [-0.05, 0) is 25.7 Å². The number of hydrogen-bond acceptors (Lipinski definition) is 6. The molecule has 0 spiro atoms. The van der Waals surface area contributed by atoms with E-state index in [4.69, 9.17) is 5.73 Å². The maximum absolute atomic E-state index is 14.1. The molecule has 25 heavy (non-hydrogen) atoms. The molecule has 2 atom stereocenters. The number of aromatic nitrogens is 5. The molecule has 3 heterocycles. The second-order valence-corrected chi connectivity index (χ2v) is 6.25. The van der Waals surface area contributed by atoms with Crippen LogP contribution in [0.2, 0.25) is 0 Å². The van der Waals surface area contributed by atoms with Gasteiger partial charge in [0.1, 0.15) is 11.3 Å². The van der Waals surface area contributed by atoms with Gasteiger partial charge in [-0.25, -0.2) is 18.7 Å². The molecular weight excluding hydrogens is 328 g/mol. The molecule has 0 radical (unpaired) electrons. The summed E-state index contributed by atoms with van der Waals surface area (Å²) in [6.45, 7) is 0. The highest BCUT2D eigenvalue weighted by Crippen LogP contribution is 2.23. The maximum Gasteiger partial charge on any atom is 0.253 e. The Morgan fingerprint density at radius 3 is 2.88 bits per heavy atom. The molecule has 0 bridgehead atoms. The molecule has 7 nitrogen and oxygen atoms in total. The number of nitrogens with zero attached hydrogens (tertiary/aromatic N) is 5. The molecule has 3 N–H and O–H groups in total. The fourth-order valence-electron chi connectivity index (χ4n) is 3.16. The third kappa shape index (κ3) is 3.14. The van der Waals surface area contributed by atoms with E-state index in [9.17, 15) is 8.78 Å². The van der Waals surface area contributed by atoms with Gasteiger partial charge in [0, 0.05) is 18.2 Å². The maximum atomic E-state index is 14.1. The topological polar surface area (TPSA) is 94.5 Å². The molecule has 1 fully saturated rings. The molecule has 1 aliphatic carbocycles. The molecule has 9 heteroatoms. The standard InChI is InChI=1S/C16H17F2N7/c17-9-4-14-13(20-6-9)8-22-25(14)16-21-7-12(18)15(24-16)23-11-3-1-2-10(19)5-11/h4,6-8,10-11H,1-3,5,19H2,(H,21,23,24)/t10-,11?/m1/s1. The highest BCUT2D eigenvalue weighted by atomic mass is 19.1. The number of nitrogens with one attached hydrogen (secondary N) is 1. The fourth-order valence-corrected chi connectivity index (χ4v) is 3.16. The summed E-state index contributed by atoms with van der Waals surface area (Å²) < 4.78 is 28.9. The molecular formula is C16H17F2N7. The molecule has 0 aliphatic heterocycles. The Morgan fingerprint density at radius 2 is 2.04 bits per heavy atom. The number of anilines is 1. The van der Waals surface area contributed by atoms with Crippen LogP contribution < -0.4 is 11.1 Å². The first-order valence-electron chi connectivity index (χ1n) is 8.14. The summed E-state index contributed by atoms with van der Waals surface area (Å²) in [5.41, 5.74) is 6.89. The molecule has 130 valence electrons. The molecule has 0 aromatic carbocycles. The molecule has 1 aliphatic rings. The van der Waals surface area contributed by atoms with Gasteiger partial charge in [-0.2, -0.15) is 14.8 Å². The van der Waals surface area contributed by atoms with E-state index >= 15 is 0 Å². The van der Waals surface area contributed by atoms with E-state index in [2.05, 4.69) is 25.4 Å². The van der Waals surface area contributed by atoms with Crippen molar-refractivity contribution in [3.8, 4) is 5.95 Å². The summed E-state index contributed by atoms with van der Waals surface area (Å²) in [5.74, 6) is -0.807. The number of nitrogens with two attached hydrogens (primary N) is 1. The van der Waals surface area contributed by atoms with E-state index in [-0.39, 0.29) is 23.8 Å². The van der Waals surface area contributed by atoms with Crippen molar-refractivity contribution >= 4 is 16.9 Å². The van der Waals surface area contributed by atoms with E-state index in [1.54, 1.807) is 0 Å². The Balaban J connectivity index is 1.67. The zero-order valence-electron chi connectivity index (χ0n) is 13.4. The smallest absolute Gasteiger partial charge is 0.253 e. The Morgan fingerprint density at radius 1 is 1.16 bits per heavy atom. The van der Waals surface area contributed by atoms with Crippen LogP contribution in [0.5, 0.6) is 0 Å². The second kappa shape index (κ2) is 6.32. The SMILES string of the molecule is N[C@@H]1CCCC(Nc2nc(-n3ncc4ncc(F)cc43)ncc2F)C1. The number of halogens is 2. The zero-order valence-corrected chi connectivity index (χ0v) is 13.4. The predicted molar refractivity (Wildman–Crippen MR) is 88.2 cm³/mol. The minimum absolute atomic E-state index is 0.0643. The molecule has 4 rings (SSSR count). The van der Waals surface area contributed by atoms with Gasteiger partial charge in [0.2, 0.25) is 0 Å². The van der Waals surface area contributed by atoms with E-state index in [0.717, 1.165) is 38.1 Å². The van der Waals surface area contributed by atoms with Crippen molar-refractivity contribution in [2.24, 2.45) is 5.73 Å². The molecule has 3 aromatic heterocycles. The Bertz CT molecular complexity index is 911. The molecule has 0 amide bonds. The quantitative estimate of drug-likeness (QED) is 0.755. The first-order chi connectivity index (χ1) is 12.1.